The van der Waals surface area contributed by atoms with Gasteiger partial charge in [0, 0.05) is 6.04 Å². The van der Waals surface area contributed by atoms with Gasteiger partial charge in [0.2, 0.25) is 0 Å². The van der Waals surface area contributed by atoms with Crippen molar-refractivity contribution in [3.8, 4) is 0 Å². The molecule has 0 amide bonds. The predicted octanol–water partition coefficient (Wildman–Crippen LogP) is 1.89. The maximum Gasteiger partial charge on any atom is 0.113 e. The van der Waals surface area contributed by atoms with Crippen molar-refractivity contribution in [3.05, 3.63) is 15.5 Å². The summed E-state index contributed by atoms with van der Waals surface area (Å²) in [5.41, 5.74) is 6.09. The van der Waals surface area contributed by atoms with Crippen LogP contribution in [0.1, 0.15) is 23.9 Å². The molecule has 0 saturated carbocycles. The van der Waals surface area contributed by atoms with Gasteiger partial charge in [0.1, 0.15) is 9.34 Å². The molecule has 2 N–H and O–H groups in total. The molecule has 2 atom stereocenters. The van der Waals surface area contributed by atoms with E-state index in [9.17, 15) is 0 Å². The molecule has 1 saturated heterocycles. The van der Waals surface area contributed by atoms with Crippen LogP contribution in [-0.2, 0) is 0 Å². The highest BCUT2D eigenvalue weighted by molar-refractivity contribution is 7.15. The fourth-order valence-electron chi connectivity index (χ4n) is 1.98. The van der Waals surface area contributed by atoms with Gasteiger partial charge in [-0.1, -0.05) is 11.6 Å². The molecule has 0 aromatic carbocycles. The summed E-state index contributed by atoms with van der Waals surface area (Å²) in [7, 11) is 2.10. The minimum absolute atomic E-state index is 0.191. The molecular formula is C9H14ClN3S. The van der Waals surface area contributed by atoms with Gasteiger partial charge < -0.3 is 5.73 Å². The fraction of sp³-hybridized carbons (Fsp3) is 0.667. The van der Waals surface area contributed by atoms with E-state index in [1.165, 1.54) is 17.8 Å². The second kappa shape index (κ2) is 4.14. The minimum atomic E-state index is 0.191. The number of likely N-dealkylation sites (N-methyl/N-ethyl adjacent to an activating group) is 1. The van der Waals surface area contributed by atoms with Crippen LogP contribution in [0.3, 0.4) is 0 Å². The molecule has 2 unspecified atom stereocenters. The van der Waals surface area contributed by atoms with Gasteiger partial charge >= 0.3 is 0 Å². The second-order valence-corrected chi connectivity index (χ2v) is 5.43. The number of rotatable bonds is 1. The predicted molar refractivity (Wildman–Crippen MR) is 59.7 cm³/mol. The SMILES string of the molecule is CN1CCCC(N)C1c1ncc(Cl)s1. The molecule has 2 heterocycles. The van der Waals surface area contributed by atoms with E-state index < -0.39 is 0 Å². The van der Waals surface area contributed by atoms with Gasteiger partial charge in [-0.15, -0.1) is 11.3 Å². The monoisotopic (exact) mass is 231 g/mol. The van der Waals surface area contributed by atoms with Gasteiger partial charge in [0.15, 0.2) is 0 Å². The first-order valence-electron chi connectivity index (χ1n) is 4.75. The van der Waals surface area contributed by atoms with Crippen molar-refractivity contribution >= 4 is 22.9 Å². The van der Waals surface area contributed by atoms with E-state index in [1.807, 2.05) is 0 Å². The first-order valence-corrected chi connectivity index (χ1v) is 5.95. The Bertz CT molecular complexity index is 305. The zero-order valence-corrected chi connectivity index (χ0v) is 9.68. The van der Waals surface area contributed by atoms with Crippen molar-refractivity contribution in [2.45, 2.75) is 24.9 Å². The molecule has 1 aliphatic heterocycles. The van der Waals surface area contributed by atoms with E-state index in [0.29, 0.717) is 0 Å². The number of likely N-dealkylation sites (tertiary alicyclic amines) is 1. The van der Waals surface area contributed by atoms with E-state index >= 15 is 0 Å². The van der Waals surface area contributed by atoms with Crippen LogP contribution in [0.5, 0.6) is 0 Å². The summed E-state index contributed by atoms with van der Waals surface area (Å²) in [6.45, 7) is 1.09. The average Bonchev–Trinajstić information content (AvgIpc) is 2.51. The lowest BCUT2D eigenvalue weighted by Gasteiger charge is -2.35. The van der Waals surface area contributed by atoms with E-state index in [0.717, 1.165) is 22.3 Å². The highest BCUT2D eigenvalue weighted by Crippen LogP contribution is 2.32. The van der Waals surface area contributed by atoms with Crippen LogP contribution in [-0.4, -0.2) is 29.5 Å². The van der Waals surface area contributed by atoms with E-state index in [4.69, 9.17) is 17.3 Å². The number of hydrogen-bond acceptors (Lipinski definition) is 4. The lowest BCUT2D eigenvalue weighted by Crippen LogP contribution is -2.43. The summed E-state index contributed by atoms with van der Waals surface area (Å²) in [6.07, 6.45) is 3.95. The number of nitrogens with zero attached hydrogens (tertiary/aromatic N) is 2. The van der Waals surface area contributed by atoms with Crippen LogP contribution in [0, 0.1) is 0 Å². The molecule has 3 nitrogen and oxygen atoms in total. The number of halogens is 1. The molecule has 1 aliphatic rings. The van der Waals surface area contributed by atoms with Crippen LogP contribution < -0.4 is 5.73 Å². The lowest BCUT2D eigenvalue weighted by atomic mass is 9.98. The first-order chi connectivity index (χ1) is 6.68. The third kappa shape index (κ3) is 1.93. The number of nitrogens with two attached hydrogens (primary N) is 1. The molecule has 14 heavy (non-hydrogen) atoms. The molecule has 2 rings (SSSR count). The van der Waals surface area contributed by atoms with E-state index in [1.54, 1.807) is 6.20 Å². The van der Waals surface area contributed by atoms with Crippen molar-refractivity contribution < 1.29 is 0 Å². The molecule has 78 valence electrons. The van der Waals surface area contributed by atoms with Crippen LogP contribution >= 0.6 is 22.9 Å². The van der Waals surface area contributed by atoms with Gasteiger partial charge in [-0.2, -0.15) is 0 Å². The summed E-state index contributed by atoms with van der Waals surface area (Å²) in [5.74, 6) is 0. The smallest absolute Gasteiger partial charge is 0.113 e. The number of piperidine rings is 1. The number of hydrogen-bond donors (Lipinski definition) is 1. The molecule has 1 aromatic heterocycles. The molecule has 0 aliphatic carbocycles. The molecule has 1 aromatic rings. The van der Waals surface area contributed by atoms with Gasteiger partial charge in [-0.05, 0) is 26.4 Å². The largest absolute Gasteiger partial charge is 0.326 e. The minimum Gasteiger partial charge on any atom is -0.326 e. The summed E-state index contributed by atoms with van der Waals surface area (Å²) < 4.78 is 0.742. The zero-order chi connectivity index (χ0) is 10.1. The zero-order valence-electron chi connectivity index (χ0n) is 8.11. The molecule has 5 heteroatoms. The Hall–Kier alpha value is -0.160. The normalized spacial score (nSPS) is 29.4. The summed E-state index contributed by atoms with van der Waals surface area (Å²) in [4.78, 5) is 6.57. The molecule has 1 fully saturated rings. The Kier molecular flexibility index (Phi) is 3.07. The van der Waals surface area contributed by atoms with Gasteiger partial charge in [-0.25, -0.2) is 4.98 Å². The summed E-state index contributed by atoms with van der Waals surface area (Å²) in [6, 6.07) is 0.442. The molecular weight excluding hydrogens is 218 g/mol. The van der Waals surface area contributed by atoms with Crippen LogP contribution in [0.25, 0.3) is 0 Å². The summed E-state index contributed by atoms with van der Waals surface area (Å²) >= 11 is 7.41. The van der Waals surface area contributed by atoms with Crippen LogP contribution in [0.4, 0.5) is 0 Å². The quantitative estimate of drug-likeness (QED) is 0.803. The first kappa shape index (κ1) is 10.4. The van der Waals surface area contributed by atoms with Crippen molar-refractivity contribution in [2.24, 2.45) is 5.73 Å². The Morgan fingerprint density at radius 2 is 2.50 bits per heavy atom. The lowest BCUT2D eigenvalue weighted by molar-refractivity contribution is 0.162. The van der Waals surface area contributed by atoms with Crippen molar-refractivity contribution in [1.29, 1.82) is 0 Å². The standard InChI is InChI=1S/C9H14ClN3S/c1-13-4-2-3-6(11)8(13)9-12-5-7(10)14-9/h5-6,8H,2-4,11H2,1H3. The Morgan fingerprint density at radius 3 is 3.07 bits per heavy atom. The number of aromatic nitrogens is 1. The van der Waals surface area contributed by atoms with Crippen molar-refractivity contribution in [2.75, 3.05) is 13.6 Å². The van der Waals surface area contributed by atoms with E-state index in [2.05, 4.69) is 16.9 Å². The highest BCUT2D eigenvalue weighted by Gasteiger charge is 2.29. The molecule has 0 bridgehead atoms. The summed E-state index contributed by atoms with van der Waals surface area (Å²) in [5, 5.41) is 1.05. The third-order valence-electron chi connectivity index (χ3n) is 2.68. The average molecular weight is 232 g/mol. The maximum atomic E-state index is 6.09. The Morgan fingerprint density at radius 1 is 1.71 bits per heavy atom. The van der Waals surface area contributed by atoms with Gasteiger partial charge in [0.05, 0.1) is 12.2 Å². The van der Waals surface area contributed by atoms with Crippen LogP contribution in [0.2, 0.25) is 4.34 Å². The van der Waals surface area contributed by atoms with Crippen molar-refractivity contribution in [1.82, 2.24) is 9.88 Å². The Balaban J connectivity index is 2.22. The van der Waals surface area contributed by atoms with Crippen LogP contribution in [0.15, 0.2) is 6.20 Å². The second-order valence-electron chi connectivity index (χ2n) is 3.73. The molecule has 0 radical (unpaired) electrons. The fourth-order valence-corrected chi connectivity index (χ4v) is 3.15. The van der Waals surface area contributed by atoms with Gasteiger partial charge in [0.25, 0.3) is 0 Å². The molecule has 0 spiro atoms. The highest BCUT2D eigenvalue weighted by atomic mass is 35.5. The third-order valence-corrected chi connectivity index (χ3v) is 3.86. The van der Waals surface area contributed by atoms with Gasteiger partial charge in [-0.3, -0.25) is 4.90 Å². The Labute approximate surface area is 92.9 Å². The number of thiazole rings is 1. The van der Waals surface area contributed by atoms with E-state index in [-0.39, 0.29) is 12.1 Å². The maximum absolute atomic E-state index is 6.09. The topological polar surface area (TPSA) is 42.1 Å². The van der Waals surface area contributed by atoms with Crippen molar-refractivity contribution in [3.63, 3.8) is 0 Å².